The molecule has 98 valence electrons. The van der Waals surface area contributed by atoms with Crippen molar-refractivity contribution in [1.82, 2.24) is 9.03 Å². The van der Waals surface area contributed by atoms with Crippen LogP contribution < -0.4 is 4.72 Å². The van der Waals surface area contributed by atoms with E-state index in [1.807, 2.05) is 20.8 Å². The molecular weight excluding hydrogens is 228 g/mol. The van der Waals surface area contributed by atoms with Gasteiger partial charge in [0.15, 0.2) is 0 Å². The molecule has 0 rings (SSSR count). The van der Waals surface area contributed by atoms with Crippen molar-refractivity contribution >= 4 is 10.2 Å². The summed E-state index contributed by atoms with van der Waals surface area (Å²) in [5.74, 6) is 0. The van der Waals surface area contributed by atoms with E-state index < -0.39 is 15.6 Å². The monoisotopic (exact) mass is 252 g/mol. The average molecular weight is 252 g/mol. The predicted octanol–water partition coefficient (Wildman–Crippen LogP) is 0.571. The molecule has 0 saturated carbocycles. The zero-order valence-electron chi connectivity index (χ0n) is 10.7. The Kier molecular flexibility index (Phi) is 6.47. The number of nitrogens with one attached hydrogen (secondary N) is 1. The van der Waals surface area contributed by atoms with E-state index in [9.17, 15) is 8.42 Å². The van der Waals surface area contributed by atoms with Gasteiger partial charge in [-0.1, -0.05) is 27.2 Å². The molecule has 0 aliphatic heterocycles. The second-order valence-electron chi connectivity index (χ2n) is 4.82. The molecule has 0 aromatic rings. The molecular formula is C10H24N2O3S. The van der Waals surface area contributed by atoms with Gasteiger partial charge in [-0.15, -0.1) is 0 Å². The van der Waals surface area contributed by atoms with E-state index in [0.717, 1.165) is 12.8 Å². The smallest absolute Gasteiger partial charge is 0.279 e. The number of aliphatic hydroxyl groups excluding tert-OH is 1. The fraction of sp³-hybridized carbons (Fsp3) is 1.00. The van der Waals surface area contributed by atoms with Crippen LogP contribution in [0.1, 0.15) is 33.6 Å². The van der Waals surface area contributed by atoms with Gasteiger partial charge in [-0.2, -0.15) is 12.7 Å². The second kappa shape index (κ2) is 6.54. The van der Waals surface area contributed by atoms with Gasteiger partial charge in [-0.05, 0) is 6.42 Å². The highest BCUT2D eigenvalue weighted by Gasteiger charge is 2.22. The van der Waals surface area contributed by atoms with Gasteiger partial charge in [0.2, 0.25) is 0 Å². The minimum atomic E-state index is -3.40. The minimum absolute atomic E-state index is 0.0474. The van der Waals surface area contributed by atoms with Crippen LogP contribution in [0.25, 0.3) is 0 Å². The van der Waals surface area contributed by atoms with Crippen molar-refractivity contribution in [3.05, 3.63) is 0 Å². The molecule has 0 aromatic carbocycles. The van der Waals surface area contributed by atoms with Crippen LogP contribution in [0.15, 0.2) is 0 Å². The Balaban J connectivity index is 4.24. The zero-order chi connectivity index (χ0) is 12.8. The van der Waals surface area contributed by atoms with E-state index in [4.69, 9.17) is 5.11 Å². The zero-order valence-corrected chi connectivity index (χ0v) is 11.5. The molecule has 0 aliphatic rings. The summed E-state index contributed by atoms with van der Waals surface area (Å²) >= 11 is 0. The third kappa shape index (κ3) is 5.79. The Hall–Kier alpha value is -0.170. The fourth-order valence-electron chi connectivity index (χ4n) is 0.954. The summed E-state index contributed by atoms with van der Waals surface area (Å²) in [6, 6.07) is 0. The molecule has 0 amide bonds. The maximum atomic E-state index is 11.7. The highest BCUT2D eigenvalue weighted by molar-refractivity contribution is 7.87. The molecule has 0 aromatic heterocycles. The molecule has 0 saturated heterocycles. The topological polar surface area (TPSA) is 69.6 Å². The van der Waals surface area contributed by atoms with Crippen molar-refractivity contribution in [1.29, 1.82) is 0 Å². The highest BCUT2D eigenvalue weighted by Crippen LogP contribution is 2.12. The van der Waals surface area contributed by atoms with Crippen LogP contribution in [0.3, 0.4) is 0 Å². The van der Waals surface area contributed by atoms with Gasteiger partial charge in [0.25, 0.3) is 10.2 Å². The first-order valence-corrected chi connectivity index (χ1v) is 7.01. The summed E-state index contributed by atoms with van der Waals surface area (Å²) in [6.07, 6.45) is 1.81. The van der Waals surface area contributed by atoms with Crippen LogP contribution in [0.4, 0.5) is 0 Å². The van der Waals surface area contributed by atoms with Gasteiger partial charge in [-0.25, -0.2) is 4.72 Å². The maximum Gasteiger partial charge on any atom is 0.279 e. The summed E-state index contributed by atoms with van der Waals surface area (Å²) in [5.41, 5.74) is -0.432. The summed E-state index contributed by atoms with van der Waals surface area (Å²) in [5, 5.41) is 9.02. The second-order valence-corrected chi connectivity index (χ2v) is 6.69. The lowest BCUT2D eigenvalue weighted by Gasteiger charge is -2.24. The molecule has 0 bridgehead atoms. The van der Waals surface area contributed by atoms with Crippen LogP contribution >= 0.6 is 0 Å². The van der Waals surface area contributed by atoms with Crippen LogP contribution in [-0.4, -0.2) is 44.6 Å². The van der Waals surface area contributed by atoms with E-state index >= 15 is 0 Å². The van der Waals surface area contributed by atoms with E-state index in [-0.39, 0.29) is 13.2 Å². The number of unbranched alkanes of at least 4 members (excludes halogenated alkanes) is 1. The number of aliphatic hydroxyl groups is 1. The van der Waals surface area contributed by atoms with Crippen molar-refractivity contribution in [2.75, 3.05) is 26.7 Å². The highest BCUT2D eigenvalue weighted by atomic mass is 32.2. The summed E-state index contributed by atoms with van der Waals surface area (Å²) in [7, 11) is -1.84. The lowest BCUT2D eigenvalue weighted by atomic mass is 9.96. The Morgan fingerprint density at radius 2 is 1.94 bits per heavy atom. The van der Waals surface area contributed by atoms with Gasteiger partial charge in [0.1, 0.15) is 0 Å². The van der Waals surface area contributed by atoms with Crippen LogP contribution in [0, 0.1) is 5.41 Å². The Morgan fingerprint density at radius 3 is 2.38 bits per heavy atom. The molecule has 0 atom stereocenters. The van der Waals surface area contributed by atoms with Gasteiger partial charge < -0.3 is 5.11 Å². The molecule has 0 unspecified atom stereocenters. The molecule has 0 radical (unpaired) electrons. The average Bonchev–Trinajstić information content (AvgIpc) is 2.23. The van der Waals surface area contributed by atoms with Gasteiger partial charge in [0.05, 0.1) is 0 Å². The Bertz CT molecular complexity index is 288. The summed E-state index contributed by atoms with van der Waals surface area (Å²) in [6.45, 7) is 6.34. The Morgan fingerprint density at radius 1 is 1.38 bits per heavy atom. The van der Waals surface area contributed by atoms with Crippen LogP contribution in [0.2, 0.25) is 0 Å². The van der Waals surface area contributed by atoms with E-state index in [0.29, 0.717) is 6.54 Å². The lowest BCUT2D eigenvalue weighted by molar-refractivity contribution is 0.162. The largest absolute Gasteiger partial charge is 0.396 e. The lowest BCUT2D eigenvalue weighted by Crippen LogP contribution is -2.43. The van der Waals surface area contributed by atoms with Crippen molar-refractivity contribution in [3.8, 4) is 0 Å². The van der Waals surface area contributed by atoms with Gasteiger partial charge >= 0.3 is 0 Å². The molecule has 0 spiro atoms. The van der Waals surface area contributed by atoms with Crippen molar-refractivity contribution in [2.24, 2.45) is 5.41 Å². The number of nitrogens with zero attached hydrogens (tertiary/aromatic N) is 1. The van der Waals surface area contributed by atoms with Crippen LogP contribution in [0.5, 0.6) is 0 Å². The predicted molar refractivity (Wildman–Crippen MR) is 65.3 cm³/mol. The van der Waals surface area contributed by atoms with Gasteiger partial charge in [-0.3, -0.25) is 0 Å². The fourth-order valence-corrected chi connectivity index (χ4v) is 2.12. The third-order valence-electron chi connectivity index (χ3n) is 2.40. The van der Waals surface area contributed by atoms with Crippen molar-refractivity contribution in [2.45, 2.75) is 33.6 Å². The molecule has 2 N–H and O–H groups in total. The van der Waals surface area contributed by atoms with E-state index in [1.54, 1.807) is 7.05 Å². The SMILES string of the molecule is CCCCN(C)S(=O)(=O)NCC(C)(C)CO. The summed E-state index contributed by atoms with van der Waals surface area (Å²) < 4.78 is 27.3. The van der Waals surface area contributed by atoms with Crippen molar-refractivity contribution < 1.29 is 13.5 Å². The first kappa shape index (κ1) is 15.8. The third-order valence-corrected chi connectivity index (χ3v) is 3.91. The Labute approximate surface area is 99.0 Å². The molecule has 6 heteroatoms. The number of rotatable bonds is 8. The van der Waals surface area contributed by atoms with E-state index in [2.05, 4.69) is 4.72 Å². The molecule has 0 aliphatic carbocycles. The maximum absolute atomic E-state index is 11.7. The first-order chi connectivity index (χ1) is 7.25. The van der Waals surface area contributed by atoms with E-state index in [1.165, 1.54) is 4.31 Å². The van der Waals surface area contributed by atoms with Crippen LogP contribution in [-0.2, 0) is 10.2 Å². The summed E-state index contributed by atoms with van der Waals surface area (Å²) in [4.78, 5) is 0. The normalized spacial score (nSPS) is 13.4. The number of hydrogen-bond donors (Lipinski definition) is 2. The number of hydrogen-bond acceptors (Lipinski definition) is 3. The van der Waals surface area contributed by atoms with Gasteiger partial charge in [0, 0.05) is 32.2 Å². The minimum Gasteiger partial charge on any atom is -0.396 e. The molecule has 0 heterocycles. The standard InChI is InChI=1S/C10H24N2O3S/c1-5-6-7-12(4)16(14,15)11-8-10(2,3)9-13/h11,13H,5-9H2,1-4H3. The quantitative estimate of drug-likeness (QED) is 0.663. The molecule has 0 fully saturated rings. The molecule has 5 nitrogen and oxygen atoms in total. The molecule has 16 heavy (non-hydrogen) atoms. The van der Waals surface area contributed by atoms with Crippen molar-refractivity contribution in [3.63, 3.8) is 0 Å². The first-order valence-electron chi connectivity index (χ1n) is 5.57.